The van der Waals surface area contributed by atoms with Gasteiger partial charge in [-0.05, 0) is 24.3 Å². The van der Waals surface area contributed by atoms with Crippen molar-refractivity contribution >= 4 is 5.95 Å². The molecule has 5 heteroatoms. The zero-order valence-electron chi connectivity index (χ0n) is 7.18. The summed E-state index contributed by atoms with van der Waals surface area (Å²) in [6.45, 7) is 0. The number of hydrogen-bond donors (Lipinski definition) is 1. The molecular formula is C9H7FN4. The second-order valence-electron chi connectivity index (χ2n) is 2.67. The molecule has 0 aliphatic rings. The minimum Gasteiger partial charge on any atom is -0.368 e. The molecule has 0 fully saturated rings. The van der Waals surface area contributed by atoms with Crippen molar-refractivity contribution in [3.8, 4) is 11.4 Å². The first-order valence-corrected chi connectivity index (χ1v) is 3.96. The van der Waals surface area contributed by atoms with Crippen LogP contribution in [0.15, 0.2) is 30.6 Å². The molecule has 0 aliphatic heterocycles. The lowest BCUT2D eigenvalue weighted by molar-refractivity contribution is 0.628. The molecule has 1 aromatic carbocycles. The van der Waals surface area contributed by atoms with Crippen molar-refractivity contribution in [2.24, 2.45) is 0 Å². The summed E-state index contributed by atoms with van der Waals surface area (Å²) in [7, 11) is 0. The van der Waals surface area contributed by atoms with E-state index in [1.54, 1.807) is 12.1 Å². The van der Waals surface area contributed by atoms with Crippen LogP contribution in [0.2, 0.25) is 0 Å². The summed E-state index contributed by atoms with van der Waals surface area (Å²) in [5, 5.41) is 0. The van der Waals surface area contributed by atoms with Crippen LogP contribution in [0.1, 0.15) is 0 Å². The lowest BCUT2D eigenvalue weighted by Crippen LogP contribution is -1.97. The van der Waals surface area contributed by atoms with Gasteiger partial charge >= 0.3 is 0 Å². The van der Waals surface area contributed by atoms with Crippen LogP contribution in [0.25, 0.3) is 11.4 Å². The van der Waals surface area contributed by atoms with E-state index < -0.39 is 0 Å². The summed E-state index contributed by atoms with van der Waals surface area (Å²) in [4.78, 5) is 11.5. The van der Waals surface area contributed by atoms with Gasteiger partial charge < -0.3 is 5.73 Å². The van der Waals surface area contributed by atoms with Crippen molar-refractivity contribution in [3.63, 3.8) is 0 Å². The maximum absolute atomic E-state index is 12.6. The molecule has 2 rings (SSSR count). The van der Waals surface area contributed by atoms with Gasteiger partial charge in [-0.3, -0.25) is 0 Å². The summed E-state index contributed by atoms with van der Waals surface area (Å²) in [6.07, 6.45) is 1.32. The average Bonchev–Trinajstić information content (AvgIpc) is 2.19. The van der Waals surface area contributed by atoms with Crippen molar-refractivity contribution in [1.29, 1.82) is 0 Å². The van der Waals surface area contributed by atoms with E-state index in [9.17, 15) is 4.39 Å². The minimum absolute atomic E-state index is 0.152. The van der Waals surface area contributed by atoms with Crippen LogP contribution in [0.4, 0.5) is 10.3 Å². The monoisotopic (exact) mass is 190 g/mol. The van der Waals surface area contributed by atoms with Crippen LogP contribution in [0.3, 0.4) is 0 Å². The molecule has 2 aromatic rings. The Bertz CT molecular complexity index is 441. The molecule has 0 radical (unpaired) electrons. The quantitative estimate of drug-likeness (QED) is 0.735. The largest absolute Gasteiger partial charge is 0.368 e. The molecule has 14 heavy (non-hydrogen) atoms. The van der Waals surface area contributed by atoms with Gasteiger partial charge in [-0.2, -0.15) is 4.98 Å². The molecule has 4 nitrogen and oxygen atoms in total. The Morgan fingerprint density at radius 3 is 2.43 bits per heavy atom. The number of halogens is 1. The highest BCUT2D eigenvalue weighted by Crippen LogP contribution is 2.14. The van der Waals surface area contributed by atoms with Gasteiger partial charge in [0.05, 0.1) is 0 Å². The lowest BCUT2D eigenvalue weighted by atomic mass is 10.2. The smallest absolute Gasteiger partial charge is 0.223 e. The van der Waals surface area contributed by atoms with E-state index in [2.05, 4.69) is 15.0 Å². The molecular weight excluding hydrogens is 183 g/mol. The second kappa shape index (κ2) is 3.37. The van der Waals surface area contributed by atoms with Gasteiger partial charge in [0.2, 0.25) is 5.95 Å². The summed E-state index contributed by atoms with van der Waals surface area (Å²) in [5.41, 5.74) is 6.10. The molecule has 0 aliphatic carbocycles. The van der Waals surface area contributed by atoms with Gasteiger partial charge in [-0.15, -0.1) is 0 Å². The molecule has 70 valence electrons. The number of hydrogen-bond acceptors (Lipinski definition) is 4. The SMILES string of the molecule is Nc1ncnc(-c2ccc(F)cc2)n1. The van der Waals surface area contributed by atoms with Gasteiger partial charge in [-0.1, -0.05) is 0 Å². The highest BCUT2D eigenvalue weighted by molar-refractivity contribution is 5.54. The lowest BCUT2D eigenvalue weighted by Gasteiger charge is -1.99. The Morgan fingerprint density at radius 1 is 1.07 bits per heavy atom. The Hall–Kier alpha value is -2.04. The average molecular weight is 190 g/mol. The normalized spacial score (nSPS) is 10.1. The highest BCUT2D eigenvalue weighted by Gasteiger charge is 2.01. The minimum atomic E-state index is -0.296. The standard InChI is InChI=1S/C9H7FN4/c10-7-3-1-6(2-4-7)8-12-5-13-9(11)14-8/h1-5H,(H2,11,12,13,14). The van der Waals surface area contributed by atoms with Crippen molar-refractivity contribution in [1.82, 2.24) is 15.0 Å². The Morgan fingerprint density at radius 2 is 1.79 bits per heavy atom. The summed E-state index contributed by atoms with van der Waals surface area (Å²) >= 11 is 0. The van der Waals surface area contributed by atoms with Crippen molar-refractivity contribution in [2.45, 2.75) is 0 Å². The topological polar surface area (TPSA) is 64.7 Å². The predicted octanol–water partition coefficient (Wildman–Crippen LogP) is 1.26. The second-order valence-corrected chi connectivity index (χ2v) is 2.67. The van der Waals surface area contributed by atoms with Crippen molar-refractivity contribution in [3.05, 3.63) is 36.4 Å². The molecule has 0 saturated carbocycles. The number of nitrogens with two attached hydrogens (primary N) is 1. The maximum atomic E-state index is 12.6. The molecule has 2 N–H and O–H groups in total. The van der Waals surface area contributed by atoms with E-state index in [0.29, 0.717) is 11.4 Å². The summed E-state index contributed by atoms with van der Waals surface area (Å²) in [5.74, 6) is 0.299. The van der Waals surface area contributed by atoms with E-state index in [1.165, 1.54) is 18.5 Å². The van der Waals surface area contributed by atoms with Gasteiger partial charge in [0, 0.05) is 5.56 Å². The highest BCUT2D eigenvalue weighted by atomic mass is 19.1. The number of benzene rings is 1. The fourth-order valence-electron chi connectivity index (χ4n) is 1.05. The molecule has 1 aromatic heterocycles. The van der Waals surface area contributed by atoms with Crippen molar-refractivity contribution in [2.75, 3.05) is 5.73 Å². The Balaban J connectivity index is 2.44. The van der Waals surface area contributed by atoms with Crippen LogP contribution in [0, 0.1) is 5.82 Å². The zero-order chi connectivity index (χ0) is 9.97. The third kappa shape index (κ3) is 1.66. The first kappa shape index (κ1) is 8.55. The Labute approximate surface area is 79.7 Å². The van der Waals surface area contributed by atoms with E-state index in [1.807, 2.05) is 0 Å². The van der Waals surface area contributed by atoms with E-state index in [0.717, 1.165) is 0 Å². The van der Waals surface area contributed by atoms with Gasteiger partial charge in [0.1, 0.15) is 12.1 Å². The van der Waals surface area contributed by atoms with Crippen LogP contribution in [-0.2, 0) is 0 Å². The van der Waals surface area contributed by atoms with Gasteiger partial charge in [0.15, 0.2) is 5.82 Å². The van der Waals surface area contributed by atoms with E-state index >= 15 is 0 Å². The predicted molar refractivity (Wildman–Crippen MR) is 49.6 cm³/mol. The third-order valence-corrected chi connectivity index (χ3v) is 1.69. The number of nitrogens with zero attached hydrogens (tertiary/aromatic N) is 3. The van der Waals surface area contributed by atoms with Gasteiger partial charge in [-0.25, -0.2) is 14.4 Å². The zero-order valence-corrected chi connectivity index (χ0v) is 7.18. The van der Waals surface area contributed by atoms with Crippen LogP contribution >= 0.6 is 0 Å². The summed E-state index contributed by atoms with van der Waals surface area (Å²) in [6, 6.07) is 5.86. The fraction of sp³-hybridized carbons (Fsp3) is 0. The first-order chi connectivity index (χ1) is 6.75. The van der Waals surface area contributed by atoms with E-state index in [4.69, 9.17) is 5.73 Å². The van der Waals surface area contributed by atoms with E-state index in [-0.39, 0.29) is 11.8 Å². The fourth-order valence-corrected chi connectivity index (χ4v) is 1.05. The molecule has 0 bridgehead atoms. The molecule has 0 amide bonds. The maximum Gasteiger partial charge on any atom is 0.223 e. The molecule has 0 atom stereocenters. The third-order valence-electron chi connectivity index (χ3n) is 1.69. The first-order valence-electron chi connectivity index (χ1n) is 3.96. The number of nitrogen functional groups attached to an aromatic ring is 1. The van der Waals surface area contributed by atoms with Crippen molar-refractivity contribution < 1.29 is 4.39 Å². The molecule has 0 unspecified atom stereocenters. The van der Waals surface area contributed by atoms with Crippen LogP contribution in [0.5, 0.6) is 0 Å². The molecule has 0 saturated heterocycles. The summed E-state index contributed by atoms with van der Waals surface area (Å²) < 4.78 is 12.6. The molecule has 0 spiro atoms. The molecule has 1 heterocycles. The van der Waals surface area contributed by atoms with Crippen LogP contribution < -0.4 is 5.73 Å². The van der Waals surface area contributed by atoms with Crippen LogP contribution in [-0.4, -0.2) is 15.0 Å². The van der Waals surface area contributed by atoms with Gasteiger partial charge in [0.25, 0.3) is 0 Å². The Kier molecular flexibility index (Phi) is 2.06. The number of aromatic nitrogens is 3. The number of rotatable bonds is 1. The number of anilines is 1.